The van der Waals surface area contributed by atoms with E-state index in [1.807, 2.05) is 60.7 Å². The van der Waals surface area contributed by atoms with E-state index < -0.39 is 17.8 Å². The molecule has 5 rings (SSSR count). The molecule has 0 radical (unpaired) electrons. The number of imide groups is 2. The van der Waals surface area contributed by atoms with E-state index >= 15 is 0 Å². The summed E-state index contributed by atoms with van der Waals surface area (Å²) in [6, 6.07) is 22.8. The molecule has 1 aliphatic heterocycles. The van der Waals surface area contributed by atoms with Crippen LogP contribution in [-0.4, -0.2) is 32.1 Å². The first kappa shape index (κ1) is 25.8. The molecule has 39 heavy (non-hydrogen) atoms. The standard InChI is InChI=1S/C30H23ClN2O6/c1-37-26-16-24(27(38-2)15-23(26)31)33-29(35)22(28(34)32-30(33)36)14-21-20-11-7-6-10-19(20)12-13-25(21)39-17-18-8-4-3-5-9-18/h3-16H,17H2,1-2H3,(H,32,34,36)/b22-14+. The number of benzene rings is 4. The van der Waals surface area contributed by atoms with E-state index in [0.29, 0.717) is 11.3 Å². The molecule has 0 unspecified atom stereocenters. The predicted molar refractivity (Wildman–Crippen MR) is 148 cm³/mol. The zero-order valence-electron chi connectivity index (χ0n) is 21.1. The van der Waals surface area contributed by atoms with Gasteiger partial charge in [-0.1, -0.05) is 72.3 Å². The molecule has 196 valence electrons. The van der Waals surface area contributed by atoms with E-state index in [1.54, 1.807) is 6.07 Å². The van der Waals surface area contributed by atoms with Gasteiger partial charge in [0, 0.05) is 17.7 Å². The fourth-order valence-corrected chi connectivity index (χ4v) is 4.56. The molecule has 1 aliphatic rings. The lowest BCUT2D eigenvalue weighted by molar-refractivity contribution is -0.122. The van der Waals surface area contributed by atoms with Gasteiger partial charge in [0.1, 0.15) is 29.4 Å². The van der Waals surface area contributed by atoms with Gasteiger partial charge in [0.05, 0.1) is 24.9 Å². The molecule has 9 heteroatoms. The van der Waals surface area contributed by atoms with Crippen molar-refractivity contribution in [3.8, 4) is 17.2 Å². The number of hydrogen-bond donors (Lipinski definition) is 1. The lowest BCUT2D eigenvalue weighted by Crippen LogP contribution is -2.54. The Morgan fingerprint density at radius 2 is 1.56 bits per heavy atom. The zero-order chi connectivity index (χ0) is 27.5. The molecule has 4 aromatic carbocycles. The highest BCUT2D eigenvalue weighted by Gasteiger charge is 2.39. The molecule has 0 aliphatic carbocycles. The fourth-order valence-electron chi connectivity index (χ4n) is 4.33. The minimum absolute atomic E-state index is 0.0677. The number of carbonyl (C=O) groups excluding carboxylic acids is 3. The summed E-state index contributed by atoms with van der Waals surface area (Å²) in [6.07, 6.45) is 1.44. The number of fused-ring (bicyclic) bond motifs is 1. The first-order valence-corrected chi connectivity index (χ1v) is 12.3. The molecule has 8 nitrogen and oxygen atoms in total. The van der Waals surface area contributed by atoms with E-state index in [1.165, 1.54) is 32.4 Å². The molecule has 4 amide bonds. The second-order valence-corrected chi connectivity index (χ2v) is 9.00. The Labute approximate surface area is 229 Å². The summed E-state index contributed by atoms with van der Waals surface area (Å²) in [5.74, 6) is -0.826. The summed E-state index contributed by atoms with van der Waals surface area (Å²) in [7, 11) is 2.78. The number of amides is 4. The van der Waals surface area contributed by atoms with Crippen molar-refractivity contribution >= 4 is 52.0 Å². The molecule has 0 aromatic heterocycles. The first-order chi connectivity index (χ1) is 18.9. The van der Waals surface area contributed by atoms with Crippen molar-refractivity contribution < 1.29 is 28.6 Å². The number of methoxy groups -OCH3 is 2. The third-order valence-electron chi connectivity index (χ3n) is 6.25. The van der Waals surface area contributed by atoms with E-state index in [9.17, 15) is 14.4 Å². The van der Waals surface area contributed by atoms with E-state index in [-0.39, 0.29) is 34.4 Å². The second kappa shape index (κ2) is 10.9. The monoisotopic (exact) mass is 542 g/mol. The Kier molecular flexibility index (Phi) is 7.21. The lowest BCUT2D eigenvalue weighted by atomic mass is 9.99. The van der Waals surface area contributed by atoms with Crippen molar-refractivity contribution in [1.82, 2.24) is 5.32 Å². The van der Waals surface area contributed by atoms with Crippen LogP contribution in [0.3, 0.4) is 0 Å². The molecule has 1 heterocycles. The number of urea groups is 1. The molecule has 0 atom stereocenters. The van der Waals surface area contributed by atoms with E-state index in [0.717, 1.165) is 21.2 Å². The predicted octanol–water partition coefficient (Wildman–Crippen LogP) is 5.76. The number of hydrogen-bond acceptors (Lipinski definition) is 6. The number of carbonyl (C=O) groups is 3. The van der Waals surface area contributed by atoms with Gasteiger partial charge < -0.3 is 14.2 Å². The topological polar surface area (TPSA) is 94.2 Å². The van der Waals surface area contributed by atoms with Gasteiger partial charge in [-0.15, -0.1) is 0 Å². The van der Waals surface area contributed by atoms with Crippen LogP contribution < -0.4 is 24.4 Å². The normalized spacial score (nSPS) is 14.5. The fraction of sp³-hybridized carbons (Fsp3) is 0.100. The van der Waals surface area contributed by atoms with Crippen LogP contribution in [0.1, 0.15) is 11.1 Å². The van der Waals surface area contributed by atoms with Crippen LogP contribution >= 0.6 is 11.6 Å². The molecule has 1 fully saturated rings. The van der Waals surface area contributed by atoms with Gasteiger partial charge in [-0.25, -0.2) is 9.69 Å². The first-order valence-electron chi connectivity index (χ1n) is 11.9. The Hall–Kier alpha value is -4.82. The summed E-state index contributed by atoms with van der Waals surface area (Å²) in [5, 5.41) is 4.13. The maximum Gasteiger partial charge on any atom is 0.336 e. The molecule has 0 bridgehead atoms. The maximum absolute atomic E-state index is 13.7. The molecule has 4 aromatic rings. The van der Waals surface area contributed by atoms with Gasteiger partial charge in [-0.3, -0.25) is 14.9 Å². The zero-order valence-corrected chi connectivity index (χ0v) is 21.8. The minimum Gasteiger partial charge on any atom is -0.495 e. The van der Waals surface area contributed by atoms with Crippen LogP contribution in [0.5, 0.6) is 17.2 Å². The van der Waals surface area contributed by atoms with Crippen LogP contribution in [0.4, 0.5) is 10.5 Å². The molecule has 1 N–H and O–H groups in total. The molecule has 1 saturated heterocycles. The van der Waals surface area contributed by atoms with Crippen molar-refractivity contribution in [2.24, 2.45) is 0 Å². The summed E-state index contributed by atoms with van der Waals surface area (Å²) in [6.45, 7) is 0.280. The van der Waals surface area contributed by atoms with Gasteiger partial charge >= 0.3 is 6.03 Å². The minimum atomic E-state index is -0.928. The highest BCUT2D eigenvalue weighted by Crippen LogP contribution is 2.40. The van der Waals surface area contributed by atoms with Crippen LogP contribution in [0, 0.1) is 0 Å². The molecule has 0 saturated carbocycles. The molecular weight excluding hydrogens is 520 g/mol. The Balaban J connectivity index is 1.61. The highest BCUT2D eigenvalue weighted by molar-refractivity contribution is 6.40. The van der Waals surface area contributed by atoms with Crippen molar-refractivity contribution in [1.29, 1.82) is 0 Å². The third kappa shape index (κ3) is 5.02. The third-order valence-corrected chi connectivity index (χ3v) is 6.55. The average Bonchev–Trinajstić information content (AvgIpc) is 2.95. The van der Waals surface area contributed by atoms with Gasteiger partial charge in [0.15, 0.2) is 0 Å². The Morgan fingerprint density at radius 1 is 0.846 bits per heavy atom. The highest BCUT2D eigenvalue weighted by atomic mass is 35.5. The largest absolute Gasteiger partial charge is 0.495 e. The molecule has 0 spiro atoms. The average molecular weight is 543 g/mol. The van der Waals surface area contributed by atoms with Crippen molar-refractivity contribution in [3.05, 3.63) is 101 Å². The summed E-state index contributed by atoms with van der Waals surface area (Å²) in [4.78, 5) is 40.4. The van der Waals surface area contributed by atoms with E-state index in [2.05, 4.69) is 5.32 Å². The number of nitrogens with zero attached hydrogens (tertiary/aromatic N) is 1. The SMILES string of the molecule is COc1cc(N2C(=O)NC(=O)/C(=C\c3c(OCc4ccccc4)ccc4ccccc34)C2=O)c(OC)cc1Cl. The second-order valence-electron chi connectivity index (χ2n) is 8.59. The van der Waals surface area contributed by atoms with Gasteiger partial charge in [-0.2, -0.15) is 0 Å². The van der Waals surface area contributed by atoms with Crippen LogP contribution in [-0.2, 0) is 16.2 Å². The Morgan fingerprint density at radius 3 is 2.31 bits per heavy atom. The van der Waals surface area contributed by atoms with Crippen molar-refractivity contribution in [3.63, 3.8) is 0 Å². The van der Waals surface area contributed by atoms with Crippen molar-refractivity contribution in [2.45, 2.75) is 6.61 Å². The lowest BCUT2D eigenvalue weighted by Gasteiger charge is -2.28. The van der Waals surface area contributed by atoms with Gasteiger partial charge in [0.25, 0.3) is 11.8 Å². The number of rotatable bonds is 7. The number of nitrogens with one attached hydrogen (secondary N) is 1. The summed E-state index contributed by atoms with van der Waals surface area (Å²) in [5.41, 5.74) is 1.29. The summed E-state index contributed by atoms with van der Waals surface area (Å²) < 4.78 is 16.8. The number of ether oxygens (including phenoxy) is 3. The Bertz CT molecular complexity index is 1630. The van der Waals surface area contributed by atoms with E-state index in [4.69, 9.17) is 25.8 Å². The van der Waals surface area contributed by atoms with Gasteiger partial charge in [0.2, 0.25) is 0 Å². The summed E-state index contributed by atoms with van der Waals surface area (Å²) >= 11 is 6.21. The van der Waals surface area contributed by atoms with Crippen LogP contribution in [0.2, 0.25) is 5.02 Å². The van der Waals surface area contributed by atoms with Crippen molar-refractivity contribution in [2.75, 3.05) is 19.1 Å². The van der Waals surface area contributed by atoms with Crippen LogP contribution in [0.25, 0.3) is 16.8 Å². The number of halogens is 1. The quantitative estimate of drug-likeness (QED) is 0.236. The number of anilines is 1. The van der Waals surface area contributed by atoms with Gasteiger partial charge in [-0.05, 0) is 28.5 Å². The number of barbiturate groups is 1. The molecular formula is C30H23ClN2O6. The van der Waals surface area contributed by atoms with Crippen LogP contribution in [0.15, 0.2) is 84.4 Å². The smallest absolute Gasteiger partial charge is 0.336 e. The maximum atomic E-state index is 13.7.